The van der Waals surface area contributed by atoms with Gasteiger partial charge in [-0.2, -0.15) is 0 Å². The van der Waals surface area contributed by atoms with E-state index in [0.717, 1.165) is 36.9 Å². The summed E-state index contributed by atoms with van der Waals surface area (Å²) < 4.78 is 5.63. The molecule has 1 aromatic carbocycles. The van der Waals surface area contributed by atoms with Gasteiger partial charge in [0, 0.05) is 35.3 Å². The van der Waals surface area contributed by atoms with Crippen LogP contribution in [0.1, 0.15) is 24.1 Å². The van der Waals surface area contributed by atoms with E-state index in [0.29, 0.717) is 11.4 Å². The van der Waals surface area contributed by atoms with Crippen LogP contribution in [0.2, 0.25) is 0 Å². The number of nitrogens with zero attached hydrogens (tertiary/aromatic N) is 2. The summed E-state index contributed by atoms with van der Waals surface area (Å²) in [5.41, 5.74) is 2.41. The first-order valence-corrected chi connectivity index (χ1v) is 7.77. The van der Waals surface area contributed by atoms with Crippen molar-refractivity contribution in [3.05, 3.63) is 57.9 Å². The Balaban J connectivity index is 1.62. The van der Waals surface area contributed by atoms with E-state index in [1.165, 1.54) is 18.2 Å². The Hall–Kier alpha value is -2.96. The fraction of sp³-hybridized carbons (Fsp3) is 0.294. The van der Waals surface area contributed by atoms with Gasteiger partial charge in [-0.15, -0.1) is 0 Å². The second-order valence-electron chi connectivity index (χ2n) is 5.59. The second-order valence-corrected chi connectivity index (χ2v) is 5.59. The van der Waals surface area contributed by atoms with E-state index in [-0.39, 0.29) is 18.2 Å². The Labute approximate surface area is 138 Å². The van der Waals surface area contributed by atoms with Gasteiger partial charge in [-0.3, -0.25) is 19.9 Å². The molecule has 1 N–H and O–H groups in total. The Morgan fingerprint density at radius 3 is 2.96 bits per heavy atom. The molecule has 1 aliphatic rings. The molecule has 3 rings (SSSR count). The summed E-state index contributed by atoms with van der Waals surface area (Å²) in [6, 6.07) is 7.57. The third kappa shape index (κ3) is 3.68. The van der Waals surface area contributed by atoms with Gasteiger partial charge in [-0.1, -0.05) is 6.07 Å². The van der Waals surface area contributed by atoms with Gasteiger partial charge in [-0.05, 0) is 37.8 Å². The summed E-state index contributed by atoms with van der Waals surface area (Å²) in [5.74, 6) is 0.325. The molecular weight excluding hydrogens is 310 g/mol. The molecule has 7 heteroatoms. The minimum Gasteiger partial charge on any atom is -0.483 e. The van der Waals surface area contributed by atoms with Crippen molar-refractivity contribution < 1.29 is 14.5 Å². The Morgan fingerprint density at radius 1 is 1.29 bits per heavy atom. The van der Waals surface area contributed by atoms with Gasteiger partial charge in [0.05, 0.1) is 4.92 Å². The number of benzene rings is 1. The van der Waals surface area contributed by atoms with Crippen molar-refractivity contribution in [3.8, 4) is 5.75 Å². The average molecular weight is 327 g/mol. The van der Waals surface area contributed by atoms with Crippen LogP contribution in [0.5, 0.6) is 5.75 Å². The summed E-state index contributed by atoms with van der Waals surface area (Å²) in [5, 5.41) is 13.4. The number of amides is 1. The average Bonchev–Trinajstić information content (AvgIpc) is 2.60. The summed E-state index contributed by atoms with van der Waals surface area (Å²) in [7, 11) is 0. The van der Waals surface area contributed by atoms with Gasteiger partial charge in [-0.25, -0.2) is 0 Å². The SMILES string of the molecule is O=C(COc1ccnc2c1CCCC2)Nc1cccc([N+](=O)[O-])c1. The number of hydrogen-bond donors (Lipinski definition) is 1. The van der Waals surface area contributed by atoms with E-state index in [4.69, 9.17) is 4.74 Å². The molecule has 0 saturated carbocycles. The molecule has 0 spiro atoms. The number of rotatable bonds is 5. The lowest BCUT2D eigenvalue weighted by Gasteiger charge is -2.18. The van der Waals surface area contributed by atoms with E-state index in [1.54, 1.807) is 18.3 Å². The lowest BCUT2D eigenvalue weighted by molar-refractivity contribution is -0.384. The van der Waals surface area contributed by atoms with Crippen LogP contribution in [0.15, 0.2) is 36.5 Å². The van der Waals surface area contributed by atoms with Gasteiger partial charge in [0.1, 0.15) is 5.75 Å². The molecule has 0 fully saturated rings. The number of nitro groups is 1. The smallest absolute Gasteiger partial charge is 0.271 e. The molecular formula is C17H17N3O4. The van der Waals surface area contributed by atoms with Crippen molar-refractivity contribution in [2.75, 3.05) is 11.9 Å². The first-order chi connectivity index (χ1) is 11.6. The zero-order chi connectivity index (χ0) is 16.9. The monoisotopic (exact) mass is 327 g/mol. The van der Waals surface area contributed by atoms with Crippen LogP contribution >= 0.6 is 0 Å². The number of pyridine rings is 1. The fourth-order valence-electron chi connectivity index (χ4n) is 2.77. The van der Waals surface area contributed by atoms with Crippen LogP contribution in [0, 0.1) is 10.1 Å². The van der Waals surface area contributed by atoms with Crippen molar-refractivity contribution in [1.82, 2.24) is 4.98 Å². The maximum Gasteiger partial charge on any atom is 0.271 e. The van der Waals surface area contributed by atoms with Crippen molar-refractivity contribution in [2.24, 2.45) is 0 Å². The maximum atomic E-state index is 12.0. The third-order valence-corrected chi connectivity index (χ3v) is 3.89. The minimum absolute atomic E-state index is 0.0723. The minimum atomic E-state index is -0.505. The predicted octanol–water partition coefficient (Wildman–Crippen LogP) is 2.89. The highest BCUT2D eigenvalue weighted by molar-refractivity contribution is 5.92. The normalized spacial score (nSPS) is 13.0. The molecule has 0 radical (unpaired) electrons. The first kappa shape index (κ1) is 15.9. The third-order valence-electron chi connectivity index (χ3n) is 3.89. The van der Waals surface area contributed by atoms with E-state index < -0.39 is 4.92 Å². The molecule has 1 aliphatic carbocycles. The number of carbonyl (C=O) groups is 1. The van der Waals surface area contributed by atoms with Crippen LogP contribution in [0.3, 0.4) is 0 Å². The molecule has 0 bridgehead atoms. The van der Waals surface area contributed by atoms with Gasteiger partial charge < -0.3 is 10.1 Å². The number of nitrogens with one attached hydrogen (secondary N) is 1. The highest BCUT2D eigenvalue weighted by atomic mass is 16.6. The van der Waals surface area contributed by atoms with Crippen molar-refractivity contribution in [1.29, 1.82) is 0 Å². The quantitative estimate of drug-likeness (QED) is 0.673. The topological polar surface area (TPSA) is 94.4 Å². The van der Waals surface area contributed by atoms with E-state index in [1.807, 2.05) is 0 Å². The molecule has 0 unspecified atom stereocenters. The number of aromatic nitrogens is 1. The second kappa shape index (κ2) is 7.08. The Bertz CT molecular complexity index is 776. The summed E-state index contributed by atoms with van der Waals surface area (Å²) in [4.78, 5) is 26.6. The van der Waals surface area contributed by atoms with Crippen LogP contribution in [0.4, 0.5) is 11.4 Å². The number of anilines is 1. The van der Waals surface area contributed by atoms with Crippen molar-refractivity contribution in [3.63, 3.8) is 0 Å². The fourth-order valence-corrected chi connectivity index (χ4v) is 2.77. The number of nitro benzene ring substituents is 1. The maximum absolute atomic E-state index is 12.0. The van der Waals surface area contributed by atoms with Crippen LogP contribution in [-0.2, 0) is 17.6 Å². The summed E-state index contributed by atoms with van der Waals surface area (Å²) >= 11 is 0. The molecule has 1 aromatic heterocycles. The number of ether oxygens (including phenoxy) is 1. The molecule has 1 heterocycles. The summed E-state index contributed by atoms with van der Waals surface area (Å²) in [6.07, 6.45) is 5.75. The van der Waals surface area contributed by atoms with Crippen LogP contribution in [-0.4, -0.2) is 22.4 Å². The van der Waals surface area contributed by atoms with Gasteiger partial charge >= 0.3 is 0 Å². The molecule has 1 amide bonds. The highest BCUT2D eigenvalue weighted by Crippen LogP contribution is 2.27. The van der Waals surface area contributed by atoms with Crippen LogP contribution in [0.25, 0.3) is 0 Å². The number of hydrogen-bond acceptors (Lipinski definition) is 5. The van der Waals surface area contributed by atoms with E-state index in [2.05, 4.69) is 10.3 Å². The highest BCUT2D eigenvalue weighted by Gasteiger charge is 2.16. The molecule has 2 aromatic rings. The molecule has 0 atom stereocenters. The zero-order valence-corrected chi connectivity index (χ0v) is 13.0. The molecule has 124 valence electrons. The number of fused-ring (bicyclic) bond motifs is 1. The van der Waals surface area contributed by atoms with Gasteiger partial charge in [0.2, 0.25) is 0 Å². The molecule has 0 aliphatic heterocycles. The van der Waals surface area contributed by atoms with Gasteiger partial charge in [0.25, 0.3) is 11.6 Å². The van der Waals surface area contributed by atoms with Crippen molar-refractivity contribution in [2.45, 2.75) is 25.7 Å². The van der Waals surface area contributed by atoms with Crippen LogP contribution < -0.4 is 10.1 Å². The first-order valence-electron chi connectivity index (χ1n) is 7.77. The van der Waals surface area contributed by atoms with Gasteiger partial charge in [0.15, 0.2) is 6.61 Å². The predicted molar refractivity (Wildman–Crippen MR) is 88.1 cm³/mol. The zero-order valence-electron chi connectivity index (χ0n) is 13.0. The van der Waals surface area contributed by atoms with E-state index in [9.17, 15) is 14.9 Å². The van der Waals surface area contributed by atoms with Crippen molar-refractivity contribution >= 4 is 17.3 Å². The molecule has 0 saturated heterocycles. The lowest BCUT2D eigenvalue weighted by atomic mass is 9.95. The molecule has 24 heavy (non-hydrogen) atoms. The number of aryl methyl sites for hydroxylation is 1. The Kier molecular flexibility index (Phi) is 4.69. The number of carbonyl (C=O) groups excluding carboxylic acids is 1. The lowest BCUT2D eigenvalue weighted by Crippen LogP contribution is -2.21. The standard InChI is InChI=1S/C17H17N3O4/c21-17(19-12-4-3-5-13(10-12)20(22)23)11-24-16-8-9-18-15-7-2-1-6-14(15)16/h3-5,8-10H,1-2,6-7,11H2,(H,19,21). The van der Waals surface area contributed by atoms with E-state index >= 15 is 0 Å². The Morgan fingerprint density at radius 2 is 2.12 bits per heavy atom. The number of non-ortho nitro benzene ring substituents is 1. The summed E-state index contributed by atoms with van der Waals surface area (Å²) in [6.45, 7) is -0.154. The largest absolute Gasteiger partial charge is 0.483 e. The molecule has 7 nitrogen and oxygen atoms in total.